The van der Waals surface area contributed by atoms with Crippen LogP contribution in [0.2, 0.25) is 5.02 Å². The second-order valence-corrected chi connectivity index (χ2v) is 18.1. The molecule has 5 aliphatic rings. The third kappa shape index (κ3) is 7.22. The number of anilines is 1. The zero-order valence-electron chi connectivity index (χ0n) is 30.6. The Morgan fingerprint density at radius 3 is 2.74 bits per heavy atom. The quantitative estimate of drug-likeness (QED) is 0.278. The lowest BCUT2D eigenvalue weighted by molar-refractivity contribution is 0.0131. The van der Waals surface area contributed by atoms with E-state index in [1.165, 1.54) is 18.2 Å². The number of aryl methyl sites for hydroxylation is 1. The lowest BCUT2D eigenvalue weighted by Crippen LogP contribution is -2.49. The molecule has 1 aromatic heterocycles. The van der Waals surface area contributed by atoms with Crippen LogP contribution in [0.5, 0.6) is 11.6 Å². The van der Waals surface area contributed by atoms with Gasteiger partial charge in [-0.25, -0.2) is 4.21 Å². The smallest absolute Gasteiger partial charge is 0.286 e. The summed E-state index contributed by atoms with van der Waals surface area (Å²) in [5, 5.41) is 5.15. The molecular formula is C40H48ClN5O6S. The summed E-state index contributed by atoms with van der Waals surface area (Å²) < 4.78 is 41.5. The number of allylic oxidation sites excluding steroid dienone is 1. The first-order valence-electron chi connectivity index (χ1n) is 18.8. The van der Waals surface area contributed by atoms with Gasteiger partial charge in [0.05, 0.1) is 37.3 Å². The van der Waals surface area contributed by atoms with Gasteiger partial charge in [-0.2, -0.15) is 0 Å². The summed E-state index contributed by atoms with van der Waals surface area (Å²) in [5.41, 5.74) is 3.51. The molecule has 0 unspecified atom stereocenters. The van der Waals surface area contributed by atoms with Crippen molar-refractivity contribution >= 4 is 39.0 Å². The van der Waals surface area contributed by atoms with Gasteiger partial charge in [0, 0.05) is 42.4 Å². The monoisotopic (exact) mass is 761 g/mol. The van der Waals surface area contributed by atoms with E-state index in [1.54, 1.807) is 24.1 Å². The Hall–Kier alpha value is -3.87. The van der Waals surface area contributed by atoms with E-state index < -0.39 is 21.7 Å². The third-order valence-corrected chi connectivity index (χ3v) is 14.0. The van der Waals surface area contributed by atoms with Gasteiger partial charge in [-0.3, -0.25) is 19.0 Å². The molecule has 8 rings (SSSR count). The summed E-state index contributed by atoms with van der Waals surface area (Å²) in [6.45, 7) is 3.93. The van der Waals surface area contributed by atoms with Crippen LogP contribution in [0.4, 0.5) is 5.69 Å². The molecule has 0 radical (unpaired) electrons. The van der Waals surface area contributed by atoms with Gasteiger partial charge in [-0.05, 0) is 111 Å². The fourth-order valence-corrected chi connectivity index (χ4v) is 10.9. The Morgan fingerprint density at radius 2 is 1.98 bits per heavy atom. The average Bonchev–Trinajstić information content (AvgIpc) is 3.90. The number of halogens is 1. The number of benzene rings is 2. The Kier molecular flexibility index (Phi) is 9.82. The number of amides is 2. The highest BCUT2D eigenvalue weighted by atomic mass is 35.5. The number of fused-ring (bicyclic) bond motifs is 4. The second kappa shape index (κ2) is 14.4. The third-order valence-electron chi connectivity index (χ3n) is 11.8. The first kappa shape index (κ1) is 36.1. The molecule has 2 aromatic carbocycles. The van der Waals surface area contributed by atoms with E-state index in [0.717, 1.165) is 62.2 Å². The highest BCUT2D eigenvalue weighted by Crippen LogP contribution is 2.47. The van der Waals surface area contributed by atoms with Crippen LogP contribution in [0.25, 0.3) is 0 Å². The largest absolute Gasteiger partial charge is 0.490 e. The van der Waals surface area contributed by atoms with Crippen molar-refractivity contribution in [2.24, 2.45) is 22.1 Å². The molecule has 3 aliphatic carbocycles. The van der Waals surface area contributed by atoms with E-state index in [0.29, 0.717) is 37.2 Å². The van der Waals surface area contributed by atoms with Crippen LogP contribution in [-0.4, -0.2) is 71.6 Å². The Balaban J connectivity index is 1.19. The zero-order valence-corrected chi connectivity index (χ0v) is 32.2. The van der Waals surface area contributed by atoms with Crippen molar-refractivity contribution in [1.29, 1.82) is 0 Å². The van der Waals surface area contributed by atoms with Crippen molar-refractivity contribution < 1.29 is 28.0 Å². The first-order chi connectivity index (χ1) is 25.6. The van der Waals surface area contributed by atoms with Crippen molar-refractivity contribution in [2.75, 3.05) is 44.6 Å². The fraction of sp³-hybridized carbons (Fsp3) is 0.525. The molecule has 6 atom stereocenters. The van der Waals surface area contributed by atoms with Gasteiger partial charge in [0.1, 0.15) is 21.2 Å². The normalized spacial score (nSPS) is 30.5. The van der Waals surface area contributed by atoms with Crippen molar-refractivity contribution in [3.63, 3.8) is 0 Å². The molecule has 1 spiro atoms. The number of nitrogens with one attached hydrogen (secondary N) is 1. The summed E-state index contributed by atoms with van der Waals surface area (Å²) >= 11 is 6.47. The van der Waals surface area contributed by atoms with Crippen molar-refractivity contribution in [3.05, 3.63) is 82.0 Å². The van der Waals surface area contributed by atoms with Crippen LogP contribution in [0, 0.1) is 17.8 Å². The molecule has 1 N–H and O–H groups in total. The van der Waals surface area contributed by atoms with Crippen LogP contribution < -0.4 is 19.1 Å². The van der Waals surface area contributed by atoms with Crippen LogP contribution in [0.1, 0.15) is 89.8 Å². The highest BCUT2D eigenvalue weighted by molar-refractivity contribution is 7.92. The average molecular weight is 762 g/mol. The molecular weight excluding hydrogens is 714 g/mol. The maximum atomic E-state index is 14.7. The maximum Gasteiger partial charge on any atom is 0.286 e. The molecule has 2 amide bonds. The molecule has 53 heavy (non-hydrogen) atoms. The molecule has 3 aromatic rings. The lowest BCUT2D eigenvalue weighted by Gasteiger charge is -2.46. The van der Waals surface area contributed by atoms with E-state index in [1.807, 2.05) is 25.1 Å². The van der Waals surface area contributed by atoms with Crippen LogP contribution in [0.3, 0.4) is 0 Å². The van der Waals surface area contributed by atoms with Gasteiger partial charge in [0.15, 0.2) is 0 Å². The van der Waals surface area contributed by atoms with E-state index in [2.05, 4.69) is 43.4 Å². The Labute approximate surface area is 316 Å². The predicted molar refractivity (Wildman–Crippen MR) is 204 cm³/mol. The van der Waals surface area contributed by atoms with Gasteiger partial charge in [-0.1, -0.05) is 36.7 Å². The molecule has 2 aliphatic heterocycles. The Morgan fingerprint density at radius 1 is 1.13 bits per heavy atom. The second-order valence-electron chi connectivity index (χ2n) is 15.7. The summed E-state index contributed by atoms with van der Waals surface area (Å²) in [5.74, 6) is 0.0385. The number of aromatic nitrogens is 2. The molecule has 282 valence electrons. The zero-order chi connectivity index (χ0) is 36.9. The van der Waals surface area contributed by atoms with Crippen LogP contribution in [-0.2, 0) is 26.5 Å². The molecule has 3 heterocycles. The van der Waals surface area contributed by atoms with Crippen molar-refractivity contribution in [2.45, 2.75) is 75.9 Å². The molecule has 2 bridgehead atoms. The SMILES string of the molecule is COc1nn(C2CC2)cc1C(=O)N[S@@]1(=O)=NC(=O)c2ccc3c(c2)N(C[C@@H]2CC[C@H]2[C@@H](OC)/C=C/C[C@H](C)C1)C[C@@]1(CCCc2cc(Cl)ccc21)CO3. The number of ether oxygens (including phenoxy) is 3. The van der Waals surface area contributed by atoms with Gasteiger partial charge in [0.2, 0.25) is 5.88 Å². The molecule has 13 heteroatoms. The molecule has 2 fully saturated rings. The lowest BCUT2D eigenvalue weighted by atomic mass is 9.68. The maximum absolute atomic E-state index is 14.7. The first-order valence-corrected chi connectivity index (χ1v) is 20.9. The number of carbonyl (C=O) groups is 2. The molecule has 0 saturated heterocycles. The minimum Gasteiger partial charge on any atom is -0.490 e. The van der Waals surface area contributed by atoms with E-state index >= 15 is 0 Å². The summed E-state index contributed by atoms with van der Waals surface area (Å²) in [6.07, 6.45) is 13.4. The van der Waals surface area contributed by atoms with E-state index in [-0.39, 0.29) is 46.2 Å². The number of rotatable bonds is 5. The standard InChI is InChI=1S/C40H48ClN5O6S/c1-25-6-4-8-35(50-2)31-14-9-28(31)20-45-23-40(17-5-7-26-18-29(41)11-15-33(26)40)24-52-36-16-10-27(19-34(36)45)37(47)43-53(49,22-25)44-38(48)32-21-46(30-12-13-30)42-39(32)51-3/h4,8,10-11,15-16,18-19,21,25,28,30-31,35H,5-7,9,12-14,17,20,22-24H2,1-3H3,(H,43,44,47,48,49)/b8-4+/t25-,28-,31+,35-,40-,53-/m0/s1. The Bertz CT molecular complexity index is 2070. The van der Waals surface area contributed by atoms with Crippen molar-refractivity contribution in [3.8, 4) is 11.6 Å². The van der Waals surface area contributed by atoms with Gasteiger partial charge < -0.3 is 19.1 Å². The topological polar surface area (TPSA) is 124 Å². The number of hydrogen-bond donors (Lipinski definition) is 1. The van der Waals surface area contributed by atoms with Gasteiger partial charge in [0.25, 0.3) is 11.8 Å². The molecule has 11 nitrogen and oxygen atoms in total. The molecule has 2 saturated carbocycles. The fourth-order valence-electron chi connectivity index (χ4n) is 8.77. The summed E-state index contributed by atoms with van der Waals surface area (Å²) in [6, 6.07) is 11.8. The van der Waals surface area contributed by atoms with Crippen molar-refractivity contribution in [1.82, 2.24) is 14.5 Å². The summed E-state index contributed by atoms with van der Waals surface area (Å²) in [4.78, 5) is 30.2. The summed E-state index contributed by atoms with van der Waals surface area (Å²) in [7, 11) is -0.391. The minimum absolute atomic E-state index is 0.0241. The predicted octanol–water partition coefficient (Wildman–Crippen LogP) is 6.94. The highest BCUT2D eigenvalue weighted by Gasteiger charge is 2.44. The minimum atomic E-state index is -3.60. The van der Waals surface area contributed by atoms with E-state index in [4.69, 9.17) is 25.8 Å². The van der Waals surface area contributed by atoms with Gasteiger partial charge in [-0.15, -0.1) is 9.46 Å². The number of carbonyl (C=O) groups excluding carboxylic acids is 2. The van der Waals surface area contributed by atoms with Crippen LogP contribution in [0.15, 0.2) is 59.1 Å². The van der Waals surface area contributed by atoms with Crippen LogP contribution >= 0.6 is 11.6 Å². The number of nitrogens with zero attached hydrogens (tertiary/aromatic N) is 4. The number of methoxy groups -OCH3 is 2. The number of hydrogen-bond acceptors (Lipinski definition) is 8. The van der Waals surface area contributed by atoms with E-state index in [9.17, 15) is 13.8 Å². The van der Waals surface area contributed by atoms with Gasteiger partial charge >= 0.3 is 0 Å².